The summed E-state index contributed by atoms with van der Waals surface area (Å²) in [6, 6.07) is 14.9. The van der Waals surface area contributed by atoms with Crippen molar-refractivity contribution in [3.63, 3.8) is 0 Å². The van der Waals surface area contributed by atoms with Crippen LogP contribution in [0.1, 0.15) is 25.8 Å². The van der Waals surface area contributed by atoms with Crippen molar-refractivity contribution < 1.29 is 14.3 Å². The predicted molar refractivity (Wildman–Crippen MR) is 100 cm³/mol. The normalized spacial score (nSPS) is 11.6. The van der Waals surface area contributed by atoms with Gasteiger partial charge in [0.2, 0.25) is 0 Å². The summed E-state index contributed by atoms with van der Waals surface area (Å²) in [7, 11) is 0. The molecular weight excluding hydrogens is 338 g/mol. The molecule has 25 heavy (non-hydrogen) atoms. The van der Waals surface area contributed by atoms with E-state index in [9.17, 15) is 4.79 Å². The lowest BCUT2D eigenvalue weighted by Gasteiger charge is -2.17. The molecule has 1 N–H and O–H groups in total. The molecule has 0 aliphatic carbocycles. The van der Waals surface area contributed by atoms with E-state index in [1.165, 1.54) is 5.56 Å². The van der Waals surface area contributed by atoms with Gasteiger partial charge in [-0.15, -0.1) is 0 Å². The highest BCUT2D eigenvalue weighted by Crippen LogP contribution is 2.17. The van der Waals surface area contributed by atoms with E-state index < -0.39 is 6.10 Å². The number of rotatable bonds is 9. The first-order valence-corrected chi connectivity index (χ1v) is 8.91. The van der Waals surface area contributed by atoms with E-state index in [2.05, 4.69) is 12.2 Å². The van der Waals surface area contributed by atoms with E-state index in [4.69, 9.17) is 21.1 Å². The van der Waals surface area contributed by atoms with Crippen LogP contribution in [-0.4, -0.2) is 25.2 Å². The lowest BCUT2D eigenvalue weighted by atomic mass is 10.2. The van der Waals surface area contributed by atoms with Crippen LogP contribution in [0.5, 0.6) is 11.5 Å². The number of amides is 1. The van der Waals surface area contributed by atoms with E-state index >= 15 is 0 Å². The summed E-state index contributed by atoms with van der Waals surface area (Å²) >= 11 is 5.85. The molecule has 1 amide bonds. The average molecular weight is 362 g/mol. The summed E-state index contributed by atoms with van der Waals surface area (Å²) in [4.78, 5) is 12.2. The molecule has 2 aromatic carbocycles. The van der Waals surface area contributed by atoms with Gasteiger partial charge in [0.25, 0.3) is 5.91 Å². The Kier molecular flexibility index (Phi) is 7.61. The van der Waals surface area contributed by atoms with Crippen LogP contribution in [0, 0.1) is 0 Å². The molecule has 0 saturated carbocycles. The zero-order valence-corrected chi connectivity index (χ0v) is 15.4. The van der Waals surface area contributed by atoms with Crippen LogP contribution >= 0.6 is 11.6 Å². The highest BCUT2D eigenvalue weighted by atomic mass is 35.5. The molecule has 2 rings (SSSR count). The number of carbonyl (C=O) groups is 1. The van der Waals surface area contributed by atoms with Gasteiger partial charge >= 0.3 is 0 Å². The Balaban J connectivity index is 1.74. The predicted octanol–water partition coefficient (Wildman–Crippen LogP) is 4.26. The highest BCUT2D eigenvalue weighted by molar-refractivity contribution is 6.30. The minimum atomic E-state index is -0.537. The molecule has 1 atom stereocenters. The molecule has 0 aromatic heterocycles. The van der Waals surface area contributed by atoms with Crippen molar-refractivity contribution >= 4 is 17.5 Å². The van der Waals surface area contributed by atoms with Crippen LogP contribution in [0.3, 0.4) is 0 Å². The van der Waals surface area contributed by atoms with Crippen LogP contribution in [0.4, 0.5) is 0 Å². The summed E-state index contributed by atoms with van der Waals surface area (Å²) in [5.41, 5.74) is 1.27. The second kappa shape index (κ2) is 9.94. The quantitative estimate of drug-likeness (QED) is 0.679. The number of aryl methyl sites for hydroxylation is 1. The van der Waals surface area contributed by atoms with Gasteiger partial charge in [0.05, 0.1) is 6.54 Å². The smallest absolute Gasteiger partial charge is 0.261 e. The van der Waals surface area contributed by atoms with Crippen molar-refractivity contribution in [2.24, 2.45) is 0 Å². The molecule has 0 unspecified atom stereocenters. The largest absolute Gasteiger partial charge is 0.492 e. The summed E-state index contributed by atoms with van der Waals surface area (Å²) in [5.74, 6) is 1.27. The Morgan fingerprint density at radius 1 is 1.04 bits per heavy atom. The maximum absolute atomic E-state index is 12.2. The zero-order chi connectivity index (χ0) is 18.1. The Labute approximate surface area is 154 Å². The Morgan fingerprint density at radius 3 is 2.28 bits per heavy atom. The van der Waals surface area contributed by atoms with Crippen molar-refractivity contribution in [3.05, 3.63) is 59.1 Å². The van der Waals surface area contributed by atoms with Crippen LogP contribution in [0.2, 0.25) is 5.02 Å². The Hall–Kier alpha value is -2.20. The Bertz CT molecular complexity index is 656. The van der Waals surface area contributed by atoms with Crippen LogP contribution in [-0.2, 0) is 11.2 Å². The third-order valence-corrected chi connectivity index (χ3v) is 4.01. The van der Waals surface area contributed by atoms with Crippen LogP contribution < -0.4 is 14.8 Å². The maximum Gasteiger partial charge on any atom is 0.261 e. The standard InChI is InChI=1S/C20H24ClNO3/c1-3-15-5-9-17(10-6-15)24-14-13-22-20(23)19(4-2)25-18-11-7-16(21)8-12-18/h5-12,19H,3-4,13-14H2,1-2H3,(H,22,23)/t19-/m1/s1. The third-order valence-electron chi connectivity index (χ3n) is 3.76. The molecule has 0 fully saturated rings. The van der Waals surface area contributed by atoms with E-state index in [-0.39, 0.29) is 5.91 Å². The van der Waals surface area contributed by atoms with Gasteiger partial charge in [-0.3, -0.25) is 4.79 Å². The number of benzene rings is 2. The molecule has 5 heteroatoms. The third kappa shape index (κ3) is 6.31. The van der Waals surface area contributed by atoms with Crippen LogP contribution in [0.25, 0.3) is 0 Å². The number of hydrogen-bond acceptors (Lipinski definition) is 3. The van der Waals surface area contributed by atoms with Gasteiger partial charge in [-0.05, 0) is 54.8 Å². The molecule has 134 valence electrons. The van der Waals surface area contributed by atoms with Gasteiger partial charge in [-0.2, -0.15) is 0 Å². The van der Waals surface area contributed by atoms with Gasteiger partial charge in [-0.25, -0.2) is 0 Å². The highest BCUT2D eigenvalue weighted by Gasteiger charge is 2.17. The SMILES string of the molecule is CCc1ccc(OCCNC(=O)[C@@H](CC)Oc2ccc(Cl)cc2)cc1. The molecule has 0 bridgehead atoms. The van der Waals surface area contributed by atoms with Gasteiger partial charge in [0.15, 0.2) is 6.10 Å². The number of nitrogens with one attached hydrogen (secondary N) is 1. The fourth-order valence-corrected chi connectivity index (χ4v) is 2.40. The second-order valence-corrected chi connectivity index (χ2v) is 6.04. The van der Waals surface area contributed by atoms with E-state index in [1.54, 1.807) is 24.3 Å². The molecule has 0 heterocycles. The topological polar surface area (TPSA) is 47.6 Å². The molecule has 2 aromatic rings. The van der Waals surface area contributed by atoms with Gasteiger partial charge < -0.3 is 14.8 Å². The lowest BCUT2D eigenvalue weighted by Crippen LogP contribution is -2.39. The fraction of sp³-hybridized carbons (Fsp3) is 0.350. The minimum absolute atomic E-state index is 0.151. The van der Waals surface area contributed by atoms with E-state index in [0.717, 1.165) is 12.2 Å². The molecule has 0 radical (unpaired) electrons. The summed E-state index contributed by atoms with van der Waals surface area (Å²) < 4.78 is 11.3. The first-order chi connectivity index (χ1) is 12.1. The second-order valence-electron chi connectivity index (χ2n) is 5.61. The Morgan fingerprint density at radius 2 is 1.68 bits per heavy atom. The molecule has 0 saturated heterocycles. The molecule has 0 aliphatic heterocycles. The zero-order valence-electron chi connectivity index (χ0n) is 14.6. The van der Waals surface area contributed by atoms with Crippen molar-refractivity contribution in [1.82, 2.24) is 5.32 Å². The summed E-state index contributed by atoms with van der Waals surface area (Å²) in [5, 5.41) is 3.48. The van der Waals surface area contributed by atoms with Crippen molar-refractivity contribution in [2.45, 2.75) is 32.8 Å². The first kappa shape index (κ1) is 19.1. The lowest BCUT2D eigenvalue weighted by molar-refractivity contribution is -0.128. The summed E-state index contributed by atoms with van der Waals surface area (Å²) in [6.45, 7) is 4.86. The van der Waals surface area contributed by atoms with Gasteiger partial charge in [0, 0.05) is 5.02 Å². The van der Waals surface area contributed by atoms with Crippen molar-refractivity contribution in [1.29, 1.82) is 0 Å². The van der Waals surface area contributed by atoms with Gasteiger partial charge in [-0.1, -0.05) is 37.6 Å². The molecular formula is C20H24ClNO3. The summed E-state index contributed by atoms with van der Waals surface area (Å²) in [6.07, 6.45) is 1.04. The monoisotopic (exact) mass is 361 g/mol. The van der Waals surface area contributed by atoms with E-state index in [1.807, 2.05) is 31.2 Å². The number of hydrogen-bond donors (Lipinski definition) is 1. The maximum atomic E-state index is 12.2. The van der Waals surface area contributed by atoms with Crippen molar-refractivity contribution in [2.75, 3.05) is 13.2 Å². The molecule has 0 spiro atoms. The van der Waals surface area contributed by atoms with Crippen molar-refractivity contribution in [3.8, 4) is 11.5 Å². The van der Waals surface area contributed by atoms with E-state index in [0.29, 0.717) is 30.3 Å². The number of halogens is 1. The molecule has 4 nitrogen and oxygen atoms in total. The fourth-order valence-electron chi connectivity index (χ4n) is 2.28. The first-order valence-electron chi connectivity index (χ1n) is 8.54. The average Bonchev–Trinajstić information content (AvgIpc) is 2.65. The number of carbonyl (C=O) groups excluding carboxylic acids is 1. The minimum Gasteiger partial charge on any atom is -0.492 e. The molecule has 0 aliphatic rings. The van der Waals surface area contributed by atoms with Crippen LogP contribution in [0.15, 0.2) is 48.5 Å². The number of ether oxygens (including phenoxy) is 2. The van der Waals surface area contributed by atoms with Gasteiger partial charge in [0.1, 0.15) is 18.1 Å².